The lowest BCUT2D eigenvalue weighted by Gasteiger charge is -2.25. The fourth-order valence-electron chi connectivity index (χ4n) is 2.76. The molecule has 0 saturated carbocycles. The first kappa shape index (κ1) is 14.1. The number of hydrogen-bond donors (Lipinski definition) is 1. The molecule has 1 atom stereocenters. The van der Waals surface area contributed by atoms with Gasteiger partial charge in [0.25, 0.3) is 0 Å². The van der Waals surface area contributed by atoms with Gasteiger partial charge in [0.1, 0.15) is 0 Å². The molecule has 0 bridgehead atoms. The smallest absolute Gasteiger partial charge is 0.223 e. The molecule has 0 radical (unpaired) electrons. The highest BCUT2D eigenvalue weighted by atomic mass is 16.2. The highest BCUT2D eigenvalue weighted by molar-refractivity contribution is 5.78. The van der Waals surface area contributed by atoms with E-state index in [1.807, 2.05) is 0 Å². The minimum absolute atomic E-state index is 0.308. The van der Waals surface area contributed by atoms with Crippen LogP contribution in [0.4, 0.5) is 0 Å². The molecule has 1 unspecified atom stereocenters. The van der Waals surface area contributed by atoms with E-state index in [0.717, 1.165) is 32.5 Å². The van der Waals surface area contributed by atoms with Gasteiger partial charge in [0.15, 0.2) is 0 Å². The van der Waals surface area contributed by atoms with Crippen LogP contribution >= 0.6 is 0 Å². The zero-order chi connectivity index (χ0) is 13.7. The van der Waals surface area contributed by atoms with E-state index in [4.69, 9.17) is 0 Å². The van der Waals surface area contributed by atoms with Crippen LogP contribution in [0.2, 0.25) is 0 Å². The van der Waals surface area contributed by atoms with Gasteiger partial charge in [0, 0.05) is 19.0 Å². The molecular weight excluding hydrogens is 236 g/mol. The first-order valence-electron chi connectivity index (χ1n) is 7.26. The van der Waals surface area contributed by atoms with Crippen molar-refractivity contribution in [2.75, 3.05) is 13.1 Å². The van der Waals surface area contributed by atoms with E-state index in [9.17, 15) is 4.79 Å². The molecule has 1 aliphatic heterocycles. The molecule has 1 amide bonds. The maximum Gasteiger partial charge on any atom is 0.223 e. The second-order valence-corrected chi connectivity index (χ2v) is 5.35. The Kier molecular flexibility index (Phi) is 4.97. The Morgan fingerprint density at radius 3 is 3.00 bits per heavy atom. The summed E-state index contributed by atoms with van der Waals surface area (Å²) in [5.41, 5.74) is 2.50. The molecule has 3 nitrogen and oxygen atoms in total. The standard InChI is InChI=1S/C16H24N2O/c1-3-17-10-9-15-7-8-16(19)18(15)12-14-6-4-5-13(2)11-14/h4-6,11,15,17H,3,7-10,12H2,1-2H3. The van der Waals surface area contributed by atoms with Crippen LogP contribution in [0.1, 0.15) is 37.3 Å². The minimum Gasteiger partial charge on any atom is -0.335 e. The van der Waals surface area contributed by atoms with Crippen LogP contribution in [0.3, 0.4) is 0 Å². The lowest BCUT2D eigenvalue weighted by Crippen LogP contribution is -2.34. The molecule has 1 N–H and O–H groups in total. The van der Waals surface area contributed by atoms with E-state index in [2.05, 4.69) is 48.3 Å². The van der Waals surface area contributed by atoms with E-state index in [1.54, 1.807) is 0 Å². The van der Waals surface area contributed by atoms with E-state index in [0.29, 0.717) is 18.4 Å². The fourth-order valence-corrected chi connectivity index (χ4v) is 2.76. The van der Waals surface area contributed by atoms with Crippen LogP contribution in [0.15, 0.2) is 24.3 Å². The first-order chi connectivity index (χ1) is 9.20. The van der Waals surface area contributed by atoms with Crippen molar-refractivity contribution in [1.82, 2.24) is 10.2 Å². The van der Waals surface area contributed by atoms with Crippen molar-refractivity contribution in [2.24, 2.45) is 0 Å². The zero-order valence-corrected chi connectivity index (χ0v) is 12.0. The van der Waals surface area contributed by atoms with Crippen molar-refractivity contribution in [1.29, 1.82) is 0 Å². The Labute approximate surface area is 116 Å². The van der Waals surface area contributed by atoms with Crippen molar-refractivity contribution < 1.29 is 4.79 Å². The predicted molar refractivity (Wildman–Crippen MR) is 77.9 cm³/mol. The lowest BCUT2D eigenvalue weighted by molar-refractivity contribution is -0.129. The number of nitrogens with zero attached hydrogens (tertiary/aromatic N) is 1. The molecule has 104 valence electrons. The summed E-state index contributed by atoms with van der Waals surface area (Å²) in [5, 5.41) is 3.35. The summed E-state index contributed by atoms with van der Waals surface area (Å²) < 4.78 is 0. The molecule has 1 fully saturated rings. The molecule has 1 heterocycles. The highest BCUT2D eigenvalue weighted by Gasteiger charge is 2.30. The molecule has 1 saturated heterocycles. The number of carbonyl (C=O) groups is 1. The van der Waals surface area contributed by atoms with E-state index in [-0.39, 0.29) is 0 Å². The van der Waals surface area contributed by atoms with Crippen LogP contribution in [0.5, 0.6) is 0 Å². The van der Waals surface area contributed by atoms with Crippen LogP contribution < -0.4 is 5.32 Å². The van der Waals surface area contributed by atoms with Crippen molar-refractivity contribution in [3.8, 4) is 0 Å². The molecular formula is C16H24N2O. The highest BCUT2D eigenvalue weighted by Crippen LogP contribution is 2.23. The van der Waals surface area contributed by atoms with Gasteiger partial charge in [-0.1, -0.05) is 36.8 Å². The third-order valence-electron chi connectivity index (χ3n) is 3.79. The quantitative estimate of drug-likeness (QED) is 0.797. The number of aryl methyl sites for hydroxylation is 1. The Morgan fingerprint density at radius 2 is 2.26 bits per heavy atom. The number of hydrogen-bond acceptors (Lipinski definition) is 2. The largest absolute Gasteiger partial charge is 0.335 e. The molecule has 3 heteroatoms. The third kappa shape index (κ3) is 3.80. The van der Waals surface area contributed by atoms with Gasteiger partial charge in [-0.15, -0.1) is 0 Å². The third-order valence-corrected chi connectivity index (χ3v) is 3.79. The summed E-state index contributed by atoms with van der Waals surface area (Å²) in [5.74, 6) is 0.308. The zero-order valence-electron chi connectivity index (χ0n) is 12.0. The predicted octanol–water partition coefficient (Wildman–Crippen LogP) is 2.49. The average Bonchev–Trinajstić information content (AvgIpc) is 2.72. The molecule has 0 aromatic heterocycles. The van der Waals surface area contributed by atoms with Crippen molar-refractivity contribution in [2.45, 2.75) is 45.7 Å². The number of likely N-dealkylation sites (tertiary alicyclic amines) is 1. The summed E-state index contributed by atoms with van der Waals surface area (Å²) in [4.78, 5) is 14.1. The Balaban J connectivity index is 1.97. The summed E-state index contributed by atoms with van der Waals surface area (Å²) in [7, 11) is 0. The maximum atomic E-state index is 12.0. The fraction of sp³-hybridized carbons (Fsp3) is 0.562. The number of rotatable bonds is 6. The molecule has 1 aliphatic rings. The van der Waals surface area contributed by atoms with Gasteiger partial charge in [-0.3, -0.25) is 4.79 Å². The lowest BCUT2D eigenvalue weighted by atomic mass is 10.1. The van der Waals surface area contributed by atoms with Gasteiger partial charge in [-0.25, -0.2) is 0 Å². The second-order valence-electron chi connectivity index (χ2n) is 5.35. The van der Waals surface area contributed by atoms with Crippen LogP contribution in [-0.2, 0) is 11.3 Å². The van der Waals surface area contributed by atoms with Gasteiger partial charge in [-0.05, 0) is 38.4 Å². The minimum atomic E-state index is 0.308. The van der Waals surface area contributed by atoms with Crippen molar-refractivity contribution in [3.05, 3.63) is 35.4 Å². The number of carbonyl (C=O) groups excluding carboxylic acids is 1. The maximum absolute atomic E-state index is 12.0. The Morgan fingerprint density at radius 1 is 1.42 bits per heavy atom. The number of benzene rings is 1. The van der Waals surface area contributed by atoms with Crippen molar-refractivity contribution >= 4 is 5.91 Å². The molecule has 1 aromatic carbocycles. The SMILES string of the molecule is CCNCCC1CCC(=O)N1Cc1cccc(C)c1. The molecule has 1 aromatic rings. The van der Waals surface area contributed by atoms with Gasteiger partial charge >= 0.3 is 0 Å². The topological polar surface area (TPSA) is 32.3 Å². The molecule has 2 rings (SSSR count). The molecule has 0 aliphatic carbocycles. The van der Waals surface area contributed by atoms with E-state index < -0.39 is 0 Å². The Bertz CT molecular complexity index is 431. The van der Waals surface area contributed by atoms with Crippen LogP contribution in [0.25, 0.3) is 0 Å². The van der Waals surface area contributed by atoms with Crippen LogP contribution in [0, 0.1) is 6.92 Å². The number of nitrogens with one attached hydrogen (secondary N) is 1. The monoisotopic (exact) mass is 260 g/mol. The van der Waals surface area contributed by atoms with Gasteiger partial charge in [-0.2, -0.15) is 0 Å². The summed E-state index contributed by atoms with van der Waals surface area (Å²) in [6, 6.07) is 8.86. The summed E-state index contributed by atoms with van der Waals surface area (Å²) in [6.07, 6.45) is 2.78. The van der Waals surface area contributed by atoms with Crippen molar-refractivity contribution in [3.63, 3.8) is 0 Å². The van der Waals surface area contributed by atoms with Crippen LogP contribution in [-0.4, -0.2) is 29.9 Å². The summed E-state index contributed by atoms with van der Waals surface area (Å²) >= 11 is 0. The van der Waals surface area contributed by atoms with Gasteiger partial charge in [0.2, 0.25) is 5.91 Å². The summed E-state index contributed by atoms with van der Waals surface area (Å²) in [6.45, 7) is 6.97. The molecule has 0 spiro atoms. The average molecular weight is 260 g/mol. The Hall–Kier alpha value is -1.35. The van der Waals surface area contributed by atoms with E-state index in [1.165, 1.54) is 11.1 Å². The van der Waals surface area contributed by atoms with Gasteiger partial charge in [0.05, 0.1) is 0 Å². The first-order valence-corrected chi connectivity index (χ1v) is 7.26. The second kappa shape index (κ2) is 6.71. The normalized spacial score (nSPS) is 19.2. The number of amides is 1. The van der Waals surface area contributed by atoms with Gasteiger partial charge < -0.3 is 10.2 Å². The van der Waals surface area contributed by atoms with E-state index >= 15 is 0 Å². The molecule has 19 heavy (non-hydrogen) atoms.